The molecule has 3 amide bonds. The zero-order valence-electron chi connectivity index (χ0n) is 16.8. The van der Waals surface area contributed by atoms with E-state index in [1.165, 1.54) is 11.8 Å². The van der Waals surface area contributed by atoms with Gasteiger partial charge in [0.05, 0.1) is 7.11 Å². The van der Waals surface area contributed by atoms with Crippen LogP contribution in [-0.4, -0.2) is 80.8 Å². The second-order valence-corrected chi connectivity index (χ2v) is 7.50. The first-order valence-electron chi connectivity index (χ1n) is 9.33. The predicted molar refractivity (Wildman–Crippen MR) is 112 cm³/mol. The summed E-state index contributed by atoms with van der Waals surface area (Å²) in [7, 11) is 1.63. The number of piperazine rings is 1. The van der Waals surface area contributed by atoms with Crippen molar-refractivity contribution >= 4 is 35.4 Å². The molecular formula is C19H28N4O5S. The molecule has 1 atom stereocenters. The molecule has 1 aliphatic heterocycles. The summed E-state index contributed by atoms with van der Waals surface area (Å²) in [6.07, 6.45) is 2.28. The van der Waals surface area contributed by atoms with Crippen LogP contribution in [0.15, 0.2) is 24.3 Å². The highest BCUT2D eigenvalue weighted by Crippen LogP contribution is 2.20. The van der Waals surface area contributed by atoms with E-state index in [4.69, 9.17) is 15.2 Å². The number of nitrogens with zero attached hydrogens (tertiary/aromatic N) is 2. The van der Waals surface area contributed by atoms with Crippen LogP contribution in [0, 0.1) is 0 Å². The van der Waals surface area contributed by atoms with Gasteiger partial charge in [0.25, 0.3) is 5.91 Å². The van der Waals surface area contributed by atoms with Crippen molar-refractivity contribution in [2.45, 2.75) is 12.5 Å². The molecule has 3 N–H and O–H groups in total. The molecule has 10 heteroatoms. The standard InChI is InChI=1S/C19H28N4O5S/c1-27-15-5-3-14(4-6-15)22-8-10-23(11-9-22)17(24)13-28-18(25)16(7-12-29-2)21-19(20)26/h3-6,16H,7-13H2,1-2H3,(H3,20,21,26)/t16-/m0/s1. The second kappa shape index (κ2) is 11.4. The molecule has 0 spiro atoms. The number of urea groups is 1. The molecule has 2 rings (SSSR count). The van der Waals surface area contributed by atoms with E-state index in [0.29, 0.717) is 38.4 Å². The van der Waals surface area contributed by atoms with Gasteiger partial charge < -0.3 is 30.3 Å². The number of carbonyl (C=O) groups excluding carboxylic acids is 3. The van der Waals surface area contributed by atoms with E-state index >= 15 is 0 Å². The van der Waals surface area contributed by atoms with Crippen LogP contribution in [0.2, 0.25) is 0 Å². The molecule has 1 aromatic rings. The molecule has 0 bridgehead atoms. The van der Waals surface area contributed by atoms with Gasteiger partial charge in [0.2, 0.25) is 0 Å². The van der Waals surface area contributed by atoms with Crippen LogP contribution in [-0.2, 0) is 14.3 Å². The van der Waals surface area contributed by atoms with Gasteiger partial charge in [-0.25, -0.2) is 9.59 Å². The Morgan fingerprint density at radius 2 is 1.83 bits per heavy atom. The lowest BCUT2D eigenvalue weighted by Crippen LogP contribution is -2.50. The Bertz CT molecular complexity index is 692. The summed E-state index contributed by atoms with van der Waals surface area (Å²) < 4.78 is 10.3. The van der Waals surface area contributed by atoms with Gasteiger partial charge in [-0.15, -0.1) is 0 Å². The quantitative estimate of drug-likeness (QED) is 0.560. The number of methoxy groups -OCH3 is 1. The third-order valence-corrected chi connectivity index (χ3v) is 5.26. The number of rotatable bonds is 9. The Morgan fingerprint density at radius 1 is 1.17 bits per heavy atom. The molecule has 0 unspecified atom stereocenters. The molecule has 1 saturated heterocycles. The summed E-state index contributed by atoms with van der Waals surface area (Å²) in [5.74, 6) is 0.547. The number of hydrogen-bond donors (Lipinski definition) is 2. The first-order chi connectivity index (χ1) is 13.9. The van der Waals surface area contributed by atoms with E-state index in [9.17, 15) is 14.4 Å². The van der Waals surface area contributed by atoms with Crippen molar-refractivity contribution in [3.8, 4) is 5.75 Å². The molecule has 29 heavy (non-hydrogen) atoms. The van der Waals surface area contributed by atoms with Gasteiger partial charge in [-0.3, -0.25) is 4.79 Å². The maximum Gasteiger partial charge on any atom is 0.329 e. The Kier molecular flexibility index (Phi) is 8.91. The highest BCUT2D eigenvalue weighted by molar-refractivity contribution is 7.98. The lowest BCUT2D eigenvalue weighted by Gasteiger charge is -2.36. The molecule has 1 heterocycles. The molecule has 1 aliphatic rings. The van der Waals surface area contributed by atoms with Gasteiger partial charge in [-0.2, -0.15) is 11.8 Å². The van der Waals surface area contributed by atoms with Gasteiger partial charge in [-0.05, 0) is 42.7 Å². The van der Waals surface area contributed by atoms with E-state index in [1.807, 2.05) is 30.5 Å². The van der Waals surface area contributed by atoms with Crippen molar-refractivity contribution in [2.75, 3.05) is 56.8 Å². The van der Waals surface area contributed by atoms with Crippen molar-refractivity contribution in [1.82, 2.24) is 10.2 Å². The first-order valence-corrected chi connectivity index (χ1v) is 10.7. The molecule has 0 aliphatic carbocycles. The second-order valence-electron chi connectivity index (χ2n) is 6.52. The Labute approximate surface area is 174 Å². The van der Waals surface area contributed by atoms with E-state index in [0.717, 1.165) is 11.4 Å². The summed E-state index contributed by atoms with van der Waals surface area (Å²) in [6.45, 7) is 2.10. The average Bonchev–Trinajstić information content (AvgIpc) is 2.74. The fraction of sp³-hybridized carbons (Fsp3) is 0.526. The van der Waals surface area contributed by atoms with E-state index in [-0.39, 0.29) is 12.5 Å². The molecule has 0 saturated carbocycles. The summed E-state index contributed by atoms with van der Waals surface area (Å²) in [5.41, 5.74) is 6.17. The molecular weight excluding hydrogens is 396 g/mol. The maximum absolute atomic E-state index is 12.4. The summed E-state index contributed by atoms with van der Waals surface area (Å²) >= 11 is 1.54. The molecule has 1 aromatic carbocycles. The highest BCUT2D eigenvalue weighted by atomic mass is 32.2. The van der Waals surface area contributed by atoms with Crippen LogP contribution in [0.4, 0.5) is 10.5 Å². The van der Waals surface area contributed by atoms with Crippen LogP contribution in [0.25, 0.3) is 0 Å². The van der Waals surface area contributed by atoms with Crippen LogP contribution >= 0.6 is 11.8 Å². The monoisotopic (exact) mass is 424 g/mol. The first kappa shape index (κ1) is 22.7. The molecule has 1 fully saturated rings. The number of nitrogens with two attached hydrogens (primary N) is 1. The number of amides is 3. The molecule has 0 aromatic heterocycles. The van der Waals surface area contributed by atoms with Crippen LogP contribution in [0.1, 0.15) is 6.42 Å². The normalized spacial score (nSPS) is 14.8. The minimum Gasteiger partial charge on any atom is -0.497 e. The zero-order valence-corrected chi connectivity index (χ0v) is 17.6. The summed E-state index contributed by atoms with van der Waals surface area (Å²) in [6, 6.07) is 6.13. The third-order valence-electron chi connectivity index (χ3n) is 4.62. The maximum atomic E-state index is 12.4. The fourth-order valence-electron chi connectivity index (χ4n) is 2.99. The zero-order chi connectivity index (χ0) is 21.2. The minimum atomic E-state index is -0.848. The molecule has 160 valence electrons. The van der Waals surface area contributed by atoms with Crippen LogP contribution in [0.3, 0.4) is 0 Å². The average molecular weight is 425 g/mol. The predicted octanol–water partition coefficient (Wildman–Crippen LogP) is 0.677. The van der Waals surface area contributed by atoms with Crippen LogP contribution in [0.5, 0.6) is 5.75 Å². The Morgan fingerprint density at radius 3 is 2.38 bits per heavy atom. The minimum absolute atomic E-state index is 0.254. The Hall–Kier alpha value is -2.62. The lowest BCUT2D eigenvalue weighted by molar-refractivity contribution is -0.153. The summed E-state index contributed by atoms with van der Waals surface area (Å²) in [5, 5.41) is 2.36. The number of hydrogen-bond acceptors (Lipinski definition) is 7. The number of ether oxygens (including phenoxy) is 2. The van der Waals surface area contributed by atoms with Crippen LogP contribution < -0.4 is 20.7 Å². The number of carbonyl (C=O) groups is 3. The largest absolute Gasteiger partial charge is 0.497 e. The SMILES string of the molecule is COc1ccc(N2CCN(C(=O)COC(=O)[C@H](CCSC)NC(N)=O)CC2)cc1. The van der Waals surface area contributed by atoms with Gasteiger partial charge in [0, 0.05) is 31.9 Å². The van der Waals surface area contributed by atoms with Gasteiger partial charge in [-0.1, -0.05) is 0 Å². The topological polar surface area (TPSA) is 114 Å². The van der Waals surface area contributed by atoms with Crippen molar-refractivity contribution in [3.63, 3.8) is 0 Å². The van der Waals surface area contributed by atoms with Gasteiger partial charge in [0.1, 0.15) is 11.8 Å². The number of nitrogens with one attached hydrogen (secondary N) is 1. The smallest absolute Gasteiger partial charge is 0.329 e. The van der Waals surface area contributed by atoms with Crippen molar-refractivity contribution < 1.29 is 23.9 Å². The van der Waals surface area contributed by atoms with Crippen molar-refractivity contribution in [1.29, 1.82) is 0 Å². The van der Waals surface area contributed by atoms with Crippen molar-refractivity contribution in [2.24, 2.45) is 5.73 Å². The number of esters is 1. The Balaban J connectivity index is 1.79. The van der Waals surface area contributed by atoms with E-state index in [1.54, 1.807) is 12.0 Å². The van der Waals surface area contributed by atoms with E-state index < -0.39 is 18.0 Å². The van der Waals surface area contributed by atoms with Gasteiger partial charge >= 0.3 is 12.0 Å². The lowest BCUT2D eigenvalue weighted by atomic mass is 10.2. The number of benzene rings is 1. The third kappa shape index (κ3) is 7.04. The number of primary amides is 1. The highest BCUT2D eigenvalue weighted by Gasteiger charge is 2.25. The fourth-order valence-corrected chi connectivity index (χ4v) is 3.46. The molecule has 0 radical (unpaired) electrons. The van der Waals surface area contributed by atoms with Gasteiger partial charge in [0.15, 0.2) is 6.61 Å². The van der Waals surface area contributed by atoms with E-state index in [2.05, 4.69) is 10.2 Å². The van der Waals surface area contributed by atoms with Crippen molar-refractivity contribution in [3.05, 3.63) is 24.3 Å². The number of anilines is 1. The molecule has 9 nitrogen and oxygen atoms in total. The summed E-state index contributed by atoms with van der Waals surface area (Å²) in [4.78, 5) is 39.5. The number of thioether (sulfide) groups is 1.